The van der Waals surface area contributed by atoms with E-state index < -0.39 is 0 Å². The molecule has 2 heterocycles. The van der Waals surface area contributed by atoms with E-state index in [1.807, 2.05) is 36.4 Å². The van der Waals surface area contributed by atoms with Crippen LogP contribution in [-0.4, -0.2) is 22.0 Å². The van der Waals surface area contributed by atoms with Crippen LogP contribution in [0.1, 0.15) is 105 Å². The molecule has 2 aliphatic rings. The van der Waals surface area contributed by atoms with Crippen LogP contribution in [0.2, 0.25) is 0 Å². The average molecular weight is 804 g/mol. The molecular formula is C41H42N3O2Pt-. The Balaban J connectivity index is 0.00000386. The van der Waals surface area contributed by atoms with E-state index in [9.17, 15) is 5.11 Å². The smallest absolute Gasteiger partial charge is 0.217 e. The standard InChI is InChI=1S/C41H42N3O2.Pt/c1-24(2)30-22-33(25(3)4)39(34(23-30)26(5)6)44-40-32-15-8-7-11-27(32)17-19-35(40)42-41(44)29-13-9-14-31(21-29)46-37-20-18-28-12-10-16-36(45)38(28)43-37;/h7-16,18,20,22-26,35,40,45H,17,19H2,1-6H3;/q-1;/t35-,40?;/m0./s1. The summed E-state index contributed by atoms with van der Waals surface area (Å²) in [4.78, 5) is 12.6. The van der Waals surface area contributed by atoms with Gasteiger partial charge in [0.15, 0.2) is 0 Å². The van der Waals surface area contributed by atoms with E-state index >= 15 is 0 Å². The molecule has 0 saturated carbocycles. The van der Waals surface area contributed by atoms with E-state index in [-0.39, 0.29) is 38.9 Å². The number of ether oxygens (including phenoxy) is 1. The van der Waals surface area contributed by atoms with Crippen molar-refractivity contribution in [2.24, 2.45) is 4.99 Å². The summed E-state index contributed by atoms with van der Waals surface area (Å²) in [5.41, 5.74) is 9.56. The number of phenolic OH excluding ortho intramolecular Hbond substituents is 1. The van der Waals surface area contributed by atoms with Crippen molar-refractivity contribution in [3.05, 3.63) is 124 Å². The molecule has 1 aromatic heterocycles. The number of amidine groups is 1. The number of aromatic hydroxyl groups is 1. The van der Waals surface area contributed by atoms with Gasteiger partial charge in [0, 0.05) is 44.0 Å². The van der Waals surface area contributed by atoms with Gasteiger partial charge in [0.25, 0.3) is 0 Å². The number of aromatic nitrogens is 1. The minimum atomic E-state index is 0. The number of para-hydroxylation sites is 1. The Hall–Kier alpha value is -3.95. The fourth-order valence-corrected chi connectivity index (χ4v) is 7.08. The monoisotopic (exact) mass is 803 g/mol. The van der Waals surface area contributed by atoms with Crippen LogP contribution in [-0.2, 0) is 27.5 Å². The first-order valence-corrected chi connectivity index (χ1v) is 16.6. The fourth-order valence-electron chi connectivity index (χ4n) is 7.08. The summed E-state index contributed by atoms with van der Waals surface area (Å²) in [6.45, 7) is 13.8. The molecule has 6 heteroatoms. The van der Waals surface area contributed by atoms with Gasteiger partial charge in [0.1, 0.15) is 11.3 Å². The van der Waals surface area contributed by atoms with Gasteiger partial charge >= 0.3 is 0 Å². The fraction of sp³-hybridized carbons (Fsp3) is 0.317. The summed E-state index contributed by atoms with van der Waals surface area (Å²) in [6.07, 6.45) is 2.02. The molecule has 1 aliphatic heterocycles. The number of benzene rings is 4. The van der Waals surface area contributed by atoms with Gasteiger partial charge < -0.3 is 19.7 Å². The van der Waals surface area contributed by atoms with Crippen molar-refractivity contribution in [1.82, 2.24) is 4.98 Å². The summed E-state index contributed by atoms with van der Waals surface area (Å²) in [7, 11) is 0. The van der Waals surface area contributed by atoms with Crippen molar-refractivity contribution < 1.29 is 30.9 Å². The average Bonchev–Trinajstić information content (AvgIpc) is 3.44. The van der Waals surface area contributed by atoms with Gasteiger partial charge in [-0.3, -0.25) is 0 Å². The zero-order valence-corrected chi connectivity index (χ0v) is 30.2. The topological polar surface area (TPSA) is 58.0 Å². The third-order valence-electron chi connectivity index (χ3n) is 9.48. The van der Waals surface area contributed by atoms with Crippen LogP contribution in [0.25, 0.3) is 10.9 Å². The molecule has 4 aromatic carbocycles. The van der Waals surface area contributed by atoms with E-state index in [4.69, 9.17) is 9.73 Å². The molecule has 244 valence electrons. The van der Waals surface area contributed by atoms with Gasteiger partial charge in [-0.1, -0.05) is 96.1 Å². The summed E-state index contributed by atoms with van der Waals surface area (Å²) < 4.78 is 6.27. The van der Waals surface area contributed by atoms with E-state index in [1.54, 1.807) is 6.07 Å². The van der Waals surface area contributed by atoms with Crippen molar-refractivity contribution in [2.45, 2.75) is 84.2 Å². The second-order valence-corrected chi connectivity index (χ2v) is 13.6. The molecule has 1 aliphatic carbocycles. The van der Waals surface area contributed by atoms with E-state index in [0.717, 1.165) is 29.6 Å². The largest absolute Gasteiger partial charge is 0.506 e. The molecule has 1 N–H and O–H groups in total. The predicted molar refractivity (Wildman–Crippen MR) is 188 cm³/mol. The molecule has 0 saturated heterocycles. The zero-order chi connectivity index (χ0) is 32.1. The van der Waals surface area contributed by atoms with E-state index in [2.05, 4.69) is 100.0 Å². The van der Waals surface area contributed by atoms with Gasteiger partial charge in [-0.25, -0.2) is 4.98 Å². The number of rotatable bonds is 7. The van der Waals surface area contributed by atoms with Crippen LogP contribution < -0.4 is 9.64 Å². The van der Waals surface area contributed by atoms with Gasteiger partial charge in [-0.05, 0) is 70.5 Å². The molecule has 0 spiro atoms. The van der Waals surface area contributed by atoms with Gasteiger partial charge in [0.2, 0.25) is 5.88 Å². The van der Waals surface area contributed by atoms with Gasteiger partial charge in [-0.2, -0.15) is 0 Å². The Bertz CT molecular complexity index is 1940. The maximum Gasteiger partial charge on any atom is 0.217 e. The molecule has 2 atom stereocenters. The van der Waals surface area contributed by atoms with Crippen molar-refractivity contribution >= 4 is 22.4 Å². The van der Waals surface area contributed by atoms with Crippen LogP contribution in [0.3, 0.4) is 0 Å². The van der Waals surface area contributed by atoms with Crippen molar-refractivity contribution in [3.63, 3.8) is 0 Å². The SMILES string of the molecule is CC(C)c1cc(C(C)C)c(N2C(c3[c-]c(Oc4ccc5cccc(O)c5n4)ccc3)=N[C@H]3CCc4ccccc4C32)c(C(C)C)c1.[Pt]. The van der Waals surface area contributed by atoms with Gasteiger partial charge in [0.05, 0.1) is 17.9 Å². The van der Waals surface area contributed by atoms with Crippen LogP contribution in [0, 0.1) is 6.07 Å². The number of pyridine rings is 1. The van der Waals surface area contributed by atoms with Crippen LogP contribution in [0.4, 0.5) is 5.69 Å². The molecule has 0 fully saturated rings. The second kappa shape index (κ2) is 13.3. The summed E-state index contributed by atoms with van der Waals surface area (Å²) in [5, 5.41) is 11.2. The number of aliphatic imine (C=N–C) groups is 1. The van der Waals surface area contributed by atoms with Crippen molar-refractivity contribution in [3.8, 4) is 17.4 Å². The molecule has 1 unspecified atom stereocenters. The minimum absolute atomic E-state index is 0. The third-order valence-corrected chi connectivity index (χ3v) is 9.48. The molecule has 47 heavy (non-hydrogen) atoms. The van der Waals surface area contributed by atoms with Gasteiger partial charge in [-0.15, -0.1) is 23.8 Å². The number of nitrogens with zero attached hydrogens (tertiary/aromatic N) is 3. The van der Waals surface area contributed by atoms with Crippen molar-refractivity contribution in [2.75, 3.05) is 4.90 Å². The van der Waals surface area contributed by atoms with Crippen LogP contribution in [0.15, 0.2) is 89.9 Å². The molecule has 7 rings (SSSR count). The third kappa shape index (κ3) is 6.11. The first-order chi connectivity index (χ1) is 22.2. The Labute approximate surface area is 293 Å². The number of hydrogen-bond donors (Lipinski definition) is 1. The molecule has 5 nitrogen and oxygen atoms in total. The number of anilines is 1. The number of fused-ring (bicyclic) bond motifs is 4. The van der Waals surface area contributed by atoms with Crippen molar-refractivity contribution in [1.29, 1.82) is 0 Å². The van der Waals surface area contributed by atoms with Crippen LogP contribution in [0.5, 0.6) is 17.4 Å². The Morgan fingerprint density at radius 1 is 0.830 bits per heavy atom. The number of aryl methyl sites for hydroxylation is 1. The first kappa shape index (κ1) is 33.0. The predicted octanol–water partition coefficient (Wildman–Crippen LogP) is 10.2. The normalized spacial score (nSPS) is 17.1. The summed E-state index contributed by atoms with van der Waals surface area (Å²) in [5.74, 6) is 3.13. The second-order valence-electron chi connectivity index (χ2n) is 13.6. The summed E-state index contributed by atoms with van der Waals surface area (Å²) in [6, 6.07) is 32.7. The van der Waals surface area contributed by atoms with E-state index in [1.165, 1.54) is 33.5 Å². The maximum atomic E-state index is 10.4. The summed E-state index contributed by atoms with van der Waals surface area (Å²) >= 11 is 0. The molecular weight excluding hydrogens is 762 g/mol. The van der Waals surface area contributed by atoms with Crippen LogP contribution >= 0.6 is 0 Å². The molecule has 0 bridgehead atoms. The first-order valence-electron chi connectivity index (χ1n) is 16.6. The maximum absolute atomic E-state index is 10.4. The Kier molecular flexibility index (Phi) is 9.31. The van der Waals surface area contributed by atoms with E-state index in [0.29, 0.717) is 34.9 Å². The number of hydrogen-bond acceptors (Lipinski definition) is 5. The number of phenols is 1. The Morgan fingerprint density at radius 3 is 2.28 bits per heavy atom. The molecule has 5 aromatic rings. The molecule has 0 amide bonds. The Morgan fingerprint density at radius 2 is 1.55 bits per heavy atom. The zero-order valence-electron chi connectivity index (χ0n) is 27.9. The quantitative estimate of drug-likeness (QED) is 0.167. The minimum Gasteiger partial charge on any atom is -0.506 e. The molecule has 0 radical (unpaired) electrons.